The number of ether oxygens (including phenoxy) is 2. The van der Waals surface area contributed by atoms with Crippen LogP contribution in [0.3, 0.4) is 0 Å². The molecule has 2 heterocycles. The number of pyridine rings is 1. The van der Waals surface area contributed by atoms with Gasteiger partial charge in [0.25, 0.3) is 0 Å². The predicted octanol–water partition coefficient (Wildman–Crippen LogP) is 5.48. The first-order valence-electron chi connectivity index (χ1n) is 8.54. The molecule has 4 rings (SSSR count). The van der Waals surface area contributed by atoms with Crippen LogP contribution in [-0.4, -0.2) is 16.5 Å². The van der Waals surface area contributed by atoms with Crippen LogP contribution in [0.15, 0.2) is 60.9 Å². The summed E-state index contributed by atoms with van der Waals surface area (Å²) in [6.07, 6.45) is 3.83. The zero-order chi connectivity index (χ0) is 19.7. The third-order valence-corrected chi connectivity index (χ3v) is 5.11. The first kappa shape index (κ1) is 18.5. The summed E-state index contributed by atoms with van der Waals surface area (Å²) in [6.45, 7) is 0.246. The van der Waals surface area contributed by atoms with Crippen molar-refractivity contribution in [3.63, 3.8) is 0 Å². The van der Waals surface area contributed by atoms with Gasteiger partial charge in [-0.05, 0) is 42.5 Å². The third-order valence-electron chi connectivity index (χ3n) is 4.41. The Labute approximate surface area is 172 Å². The molecule has 0 amide bonds. The smallest absolute Gasteiger partial charge is 0.180 e. The van der Waals surface area contributed by atoms with E-state index < -0.39 is 0 Å². The molecule has 0 bridgehead atoms. The number of aromatic nitrogens is 2. The molecule has 2 N–H and O–H groups in total. The molecule has 4 aromatic rings. The molecule has 0 unspecified atom stereocenters. The fraction of sp³-hybridized carbons (Fsp3) is 0.0952. The monoisotopic (exact) mass is 413 g/mol. The third kappa shape index (κ3) is 3.46. The summed E-state index contributed by atoms with van der Waals surface area (Å²) in [5, 5.41) is 1.13. The van der Waals surface area contributed by atoms with Gasteiger partial charge in [-0.15, -0.1) is 0 Å². The van der Waals surface area contributed by atoms with E-state index in [0.29, 0.717) is 32.9 Å². The average molecular weight is 414 g/mol. The van der Waals surface area contributed by atoms with Gasteiger partial charge in [0.2, 0.25) is 0 Å². The lowest BCUT2D eigenvalue weighted by molar-refractivity contribution is 0.308. The van der Waals surface area contributed by atoms with Crippen molar-refractivity contribution < 1.29 is 9.47 Å². The minimum atomic E-state index is 0.246. The maximum atomic E-state index is 6.23. The second-order valence-electron chi connectivity index (χ2n) is 6.18. The van der Waals surface area contributed by atoms with E-state index in [1.807, 2.05) is 47.1 Å². The van der Waals surface area contributed by atoms with Crippen LogP contribution in [-0.2, 0) is 6.61 Å². The number of nitrogens with zero attached hydrogens (tertiary/aromatic N) is 2. The number of nitrogens with two attached hydrogens (primary N) is 1. The summed E-state index contributed by atoms with van der Waals surface area (Å²) >= 11 is 12.5. The lowest BCUT2D eigenvalue weighted by Gasteiger charge is -2.10. The van der Waals surface area contributed by atoms with Crippen molar-refractivity contribution in [2.45, 2.75) is 6.61 Å². The Morgan fingerprint density at radius 1 is 1.04 bits per heavy atom. The molecule has 0 radical (unpaired) electrons. The molecule has 5 nitrogen and oxygen atoms in total. The molecule has 0 fully saturated rings. The van der Waals surface area contributed by atoms with Gasteiger partial charge >= 0.3 is 0 Å². The minimum Gasteiger partial charge on any atom is -0.495 e. The quantitative estimate of drug-likeness (QED) is 0.440. The maximum absolute atomic E-state index is 6.23. The van der Waals surface area contributed by atoms with Crippen LogP contribution >= 0.6 is 23.2 Å². The molecule has 142 valence electrons. The van der Waals surface area contributed by atoms with Gasteiger partial charge in [-0.2, -0.15) is 0 Å². The molecule has 0 aliphatic heterocycles. The van der Waals surface area contributed by atoms with Crippen LogP contribution in [0.2, 0.25) is 10.0 Å². The molecule has 2 aromatic carbocycles. The number of imidazole rings is 1. The number of anilines is 1. The van der Waals surface area contributed by atoms with E-state index in [0.717, 1.165) is 16.8 Å². The number of fused-ring (bicyclic) bond motifs is 1. The van der Waals surface area contributed by atoms with Crippen LogP contribution in [0.4, 0.5) is 5.69 Å². The first-order valence-corrected chi connectivity index (χ1v) is 9.29. The first-order chi connectivity index (χ1) is 13.6. The number of rotatable bonds is 5. The van der Waals surface area contributed by atoms with Crippen LogP contribution in [0.25, 0.3) is 16.9 Å². The van der Waals surface area contributed by atoms with Crippen molar-refractivity contribution in [3.8, 4) is 22.8 Å². The van der Waals surface area contributed by atoms with Crippen LogP contribution in [0.1, 0.15) is 5.56 Å². The second-order valence-corrected chi connectivity index (χ2v) is 6.99. The van der Waals surface area contributed by atoms with Crippen molar-refractivity contribution in [3.05, 3.63) is 76.5 Å². The van der Waals surface area contributed by atoms with Gasteiger partial charge in [0.15, 0.2) is 11.4 Å². The Kier molecular flexibility index (Phi) is 5.03. The Hall–Kier alpha value is -2.89. The zero-order valence-electron chi connectivity index (χ0n) is 15.0. The van der Waals surface area contributed by atoms with Crippen molar-refractivity contribution in [2.75, 3.05) is 12.8 Å². The second kappa shape index (κ2) is 7.62. The topological polar surface area (TPSA) is 61.8 Å². The Balaban J connectivity index is 1.67. The number of benzene rings is 2. The van der Waals surface area contributed by atoms with E-state index in [4.69, 9.17) is 43.4 Å². The molecule has 7 heteroatoms. The number of methoxy groups -OCH3 is 1. The van der Waals surface area contributed by atoms with E-state index in [1.165, 1.54) is 0 Å². The molecule has 2 aromatic heterocycles. The molecule has 0 aliphatic rings. The van der Waals surface area contributed by atoms with Gasteiger partial charge in [-0.1, -0.05) is 29.3 Å². The van der Waals surface area contributed by atoms with Gasteiger partial charge in [0.1, 0.15) is 12.4 Å². The van der Waals surface area contributed by atoms with Gasteiger partial charge in [-0.3, -0.25) is 0 Å². The standard InChI is InChI=1S/C21H17Cl2N3O2/c1-27-19-8-7-13(10-17(19)24)18-11-26-9-3-6-20(21(26)25-18)28-12-14-15(22)4-2-5-16(14)23/h2-11H,12,24H2,1H3. The highest BCUT2D eigenvalue weighted by Gasteiger charge is 2.12. The summed E-state index contributed by atoms with van der Waals surface area (Å²) in [7, 11) is 1.59. The molecule has 0 aliphatic carbocycles. The van der Waals surface area contributed by atoms with Crippen LogP contribution in [0, 0.1) is 0 Å². The summed E-state index contributed by atoms with van der Waals surface area (Å²) in [6, 6.07) is 14.7. The normalized spacial score (nSPS) is 11.0. The Morgan fingerprint density at radius 2 is 1.82 bits per heavy atom. The van der Waals surface area contributed by atoms with E-state index in [9.17, 15) is 0 Å². The Bertz CT molecular complexity index is 1140. The van der Waals surface area contributed by atoms with E-state index in [1.54, 1.807) is 25.3 Å². The lowest BCUT2D eigenvalue weighted by atomic mass is 10.1. The largest absolute Gasteiger partial charge is 0.495 e. The van der Waals surface area contributed by atoms with E-state index in [-0.39, 0.29) is 6.61 Å². The highest BCUT2D eigenvalue weighted by molar-refractivity contribution is 6.35. The van der Waals surface area contributed by atoms with Crippen LogP contribution in [0.5, 0.6) is 11.5 Å². The molecule has 0 saturated heterocycles. The fourth-order valence-corrected chi connectivity index (χ4v) is 3.46. The highest BCUT2D eigenvalue weighted by atomic mass is 35.5. The predicted molar refractivity (Wildman–Crippen MR) is 112 cm³/mol. The maximum Gasteiger partial charge on any atom is 0.180 e. The summed E-state index contributed by atoms with van der Waals surface area (Å²) in [5.74, 6) is 1.26. The summed E-state index contributed by atoms with van der Waals surface area (Å²) in [5.41, 5.74) is 9.68. The molecule has 28 heavy (non-hydrogen) atoms. The number of halogens is 2. The van der Waals surface area contributed by atoms with E-state index in [2.05, 4.69) is 0 Å². The number of hydrogen-bond acceptors (Lipinski definition) is 4. The summed E-state index contributed by atoms with van der Waals surface area (Å²) < 4.78 is 13.1. The van der Waals surface area contributed by atoms with Crippen molar-refractivity contribution in [1.82, 2.24) is 9.38 Å². The van der Waals surface area contributed by atoms with Crippen molar-refractivity contribution in [1.29, 1.82) is 0 Å². The number of hydrogen-bond donors (Lipinski definition) is 1. The average Bonchev–Trinajstić information content (AvgIpc) is 3.12. The SMILES string of the molecule is COc1ccc(-c2cn3cccc(OCc4c(Cl)cccc4Cl)c3n2)cc1N. The lowest BCUT2D eigenvalue weighted by Crippen LogP contribution is -1.99. The highest BCUT2D eigenvalue weighted by Crippen LogP contribution is 2.31. The molecule has 0 atom stereocenters. The molecule has 0 spiro atoms. The minimum absolute atomic E-state index is 0.246. The summed E-state index contributed by atoms with van der Waals surface area (Å²) in [4.78, 5) is 4.71. The van der Waals surface area contributed by atoms with Gasteiger partial charge in [0.05, 0.1) is 18.5 Å². The Morgan fingerprint density at radius 3 is 2.54 bits per heavy atom. The van der Waals surface area contributed by atoms with Gasteiger partial charge in [0, 0.05) is 33.6 Å². The fourth-order valence-electron chi connectivity index (χ4n) is 2.95. The van der Waals surface area contributed by atoms with Crippen molar-refractivity contribution >= 4 is 34.5 Å². The molecular formula is C21H17Cl2N3O2. The molecule has 0 saturated carbocycles. The van der Waals surface area contributed by atoms with E-state index >= 15 is 0 Å². The van der Waals surface area contributed by atoms with Gasteiger partial charge < -0.3 is 19.6 Å². The molecular weight excluding hydrogens is 397 g/mol. The van der Waals surface area contributed by atoms with Crippen LogP contribution < -0.4 is 15.2 Å². The zero-order valence-corrected chi connectivity index (χ0v) is 16.5. The number of nitrogen functional groups attached to an aromatic ring is 1. The van der Waals surface area contributed by atoms with Gasteiger partial charge in [-0.25, -0.2) is 4.98 Å². The van der Waals surface area contributed by atoms with Crippen molar-refractivity contribution in [2.24, 2.45) is 0 Å².